The Balaban J connectivity index is 1.97. The molecule has 110 valence electrons. The highest BCUT2D eigenvalue weighted by Crippen LogP contribution is 2.31. The first-order valence-electron chi connectivity index (χ1n) is 7.60. The smallest absolute Gasteiger partial charge is 0.165 e. The lowest BCUT2D eigenvalue weighted by Gasteiger charge is -2.10. The van der Waals surface area contributed by atoms with Crippen molar-refractivity contribution in [3.63, 3.8) is 0 Å². The van der Waals surface area contributed by atoms with Crippen LogP contribution in [0.15, 0.2) is 30.3 Å². The van der Waals surface area contributed by atoms with Crippen LogP contribution < -0.4 is 5.32 Å². The molecule has 1 fully saturated rings. The zero-order valence-corrected chi connectivity index (χ0v) is 13.1. The number of Topliss-reactive ketones (excluding diaryl/α,β-unsaturated/α-hetero) is 1. The van der Waals surface area contributed by atoms with Gasteiger partial charge in [-0.15, -0.1) is 0 Å². The molecule has 3 rings (SSSR count). The SMILES string of the molecule is CCC(=O)c1c(-c2ccccc2)nsc1CC1CCCN1. The standard InChI is InChI=1S/C17H20N2OS/c1-2-14(20)16-15(11-13-9-6-10-18-13)21-19-17(16)12-7-4-3-5-8-12/h3-5,7-8,13,18H,2,6,9-11H2,1H3. The Labute approximate surface area is 129 Å². The fourth-order valence-electron chi connectivity index (χ4n) is 2.88. The van der Waals surface area contributed by atoms with Crippen LogP contribution in [0.2, 0.25) is 0 Å². The molecule has 0 bridgehead atoms. The maximum absolute atomic E-state index is 12.4. The first-order chi connectivity index (χ1) is 10.3. The molecule has 1 atom stereocenters. The number of benzene rings is 1. The number of hydrogen-bond donors (Lipinski definition) is 1. The van der Waals surface area contributed by atoms with Gasteiger partial charge >= 0.3 is 0 Å². The number of aromatic nitrogens is 1. The lowest BCUT2D eigenvalue weighted by molar-refractivity contribution is 0.0988. The van der Waals surface area contributed by atoms with E-state index >= 15 is 0 Å². The third kappa shape index (κ3) is 3.06. The highest BCUT2D eigenvalue weighted by Gasteiger charge is 2.24. The molecule has 4 heteroatoms. The number of nitrogens with zero attached hydrogens (tertiary/aromatic N) is 1. The minimum Gasteiger partial charge on any atom is -0.314 e. The number of hydrogen-bond acceptors (Lipinski definition) is 4. The third-order valence-electron chi connectivity index (χ3n) is 4.00. The summed E-state index contributed by atoms with van der Waals surface area (Å²) < 4.78 is 4.59. The molecule has 2 heterocycles. The van der Waals surface area contributed by atoms with Crippen LogP contribution in [-0.2, 0) is 6.42 Å². The summed E-state index contributed by atoms with van der Waals surface area (Å²) in [5.74, 6) is 0.204. The van der Waals surface area contributed by atoms with Crippen LogP contribution in [0.4, 0.5) is 0 Å². The van der Waals surface area contributed by atoms with E-state index in [1.54, 1.807) is 0 Å². The van der Waals surface area contributed by atoms with Crippen LogP contribution in [0.5, 0.6) is 0 Å². The molecule has 0 spiro atoms. The molecule has 1 aliphatic rings. The van der Waals surface area contributed by atoms with Gasteiger partial charge < -0.3 is 5.32 Å². The molecular weight excluding hydrogens is 280 g/mol. The first-order valence-corrected chi connectivity index (χ1v) is 8.37. The van der Waals surface area contributed by atoms with E-state index in [-0.39, 0.29) is 5.78 Å². The Morgan fingerprint density at radius 1 is 1.38 bits per heavy atom. The van der Waals surface area contributed by atoms with Crippen LogP contribution >= 0.6 is 11.5 Å². The molecule has 0 amide bonds. The summed E-state index contributed by atoms with van der Waals surface area (Å²) in [6, 6.07) is 10.5. The van der Waals surface area contributed by atoms with Gasteiger partial charge in [0.2, 0.25) is 0 Å². The second-order valence-corrected chi connectivity index (χ2v) is 6.33. The fourth-order valence-corrected chi connectivity index (χ4v) is 3.85. The van der Waals surface area contributed by atoms with Crippen molar-refractivity contribution in [1.82, 2.24) is 9.69 Å². The van der Waals surface area contributed by atoms with Crippen LogP contribution in [0.25, 0.3) is 11.3 Å². The molecule has 1 N–H and O–H groups in total. The quantitative estimate of drug-likeness (QED) is 0.856. The lowest BCUT2D eigenvalue weighted by atomic mass is 9.98. The van der Waals surface area contributed by atoms with E-state index in [0.717, 1.165) is 34.7 Å². The average Bonchev–Trinajstić information content (AvgIpc) is 3.17. The van der Waals surface area contributed by atoms with Crippen molar-refractivity contribution in [3.8, 4) is 11.3 Å². The Morgan fingerprint density at radius 2 is 2.19 bits per heavy atom. The van der Waals surface area contributed by atoms with Crippen molar-refractivity contribution in [2.75, 3.05) is 6.54 Å². The highest BCUT2D eigenvalue weighted by molar-refractivity contribution is 7.06. The normalized spacial score (nSPS) is 18.0. The van der Waals surface area contributed by atoms with Gasteiger partial charge in [-0.05, 0) is 37.3 Å². The van der Waals surface area contributed by atoms with Gasteiger partial charge in [-0.3, -0.25) is 4.79 Å². The molecule has 0 saturated carbocycles. The van der Waals surface area contributed by atoms with Crippen molar-refractivity contribution in [2.24, 2.45) is 0 Å². The summed E-state index contributed by atoms with van der Waals surface area (Å²) in [5, 5.41) is 3.51. The lowest BCUT2D eigenvalue weighted by Crippen LogP contribution is -2.24. The maximum atomic E-state index is 12.4. The highest BCUT2D eigenvalue weighted by atomic mass is 32.1. The van der Waals surface area contributed by atoms with Crippen molar-refractivity contribution in [3.05, 3.63) is 40.8 Å². The van der Waals surface area contributed by atoms with Crippen LogP contribution in [0, 0.1) is 0 Å². The van der Waals surface area contributed by atoms with E-state index in [4.69, 9.17) is 0 Å². The van der Waals surface area contributed by atoms with E-state index in [1.807, 2.05) is 37.3 Å². The van der Waals surface area contributed by atoms with Gasteiger partial charge in [0, 0.05) is 22.9 Å². The summed E-state index contributed by atoms with van der Waals surface area (Å²) >= 11 is 1.49. The van der Waals surface area contributed by atoms with Gasteiger partial charge in [0.1, 0.15) is 0 Å². The van der Waals surface area contributed by atoms with Gasteiger partial charge in [0.05, 0.1) is 11.3 Å². The molecule has 1 saturated heterocycles. The van der Waals surface area contributed by atoms with Crippen molar-refractivity contribution in [1.29, 1.82) is 0 Å². The van der Waals surface area contributed by atoms with Crippen molar-refractivity contribution in [2.45, 2.75) is 38.6 Å². The van der Waals surface area contributed by atoms with Gasteiger partial charge in [-0.1, -0.05) is 37.3 Å². The Hall–Kier alpha value is -1.52. The van der Waals surface area contributed by atoms with Crippen LogP contribution in [0.1, 0.15) is 41.4 Å². The topological polar surface area (TPSA) is 42.0 Å². The first kappa shape index (κ1) is 14.4. The molecular formula is C17H20N2OS. The second kappa shape index (κ2) is 6.50. The largest absolute Gasteiger partial charge is 0.314 e. The molecule has 0 aliphatic carbocycles. The summed E-state index contributed by atoms with van der Waals surface area (Å²) in [6.45, 7) is 3.01. The number of rotatable bonds is 5. The number of nitrogens with one attached hydrogen (secondary N) is 1. The second-order valence-electron chi connectivity index (χ2n) is 5.47. The minimum atomic E-state index is 0.204. The van der Waals surface area contributed by atoms with E-state index in [9.17, 15) is 4.79 Å². The van der Waals surface area contributed by atoms with E-state index < -0.39 is 0 Å². The molecule has 1 unspecified atom stereocenters. The van der Waals surface area contributed by atoms with Gasteiger partial charge in [-0.2, -0.15) is 4.37 Å². The maximum Gasteiger partial charge on any atom is 0.165 e. The summed E-state index contributed by atoms with van der Waals surface area (Å²) in [5.41, 5.74) is 2.75. The van der Waals surface area contributed by atoms with Crippen LogP contribution in [-0.4, -0.2) is 22.7 Å². The van der Waals surface area contributed by atoms with Crippen LogP contribution in [0.3, 0.4) is 0 Å². The minimum absolute atomic E-state index is 0.204. The van der Waals surface area contributed by atoms with Gasteiger partial charge in [0.25, 0.3) is 0 Å². The summed E-state index contributed by atoms with van der Waals surface area (Å²) in [4.78, 5) is 13.5. The van der Waals surface area contributed by atoms with Gasteiger partial charge in [0.15, 0.2) is 5.78 Å². The van der Waals surface area contributed by atoms with Gasteiger partial charge in [-0.25, -0.2) is 0 Å². The third-order valence-corrected chi connectivity index (χ3v) is 4.87. The van der Waals surface area contributed by atoms with E-state index in [1.165, 1.54) is 24.4 Å². The average molecular weight is 300 g/mol. The fraction of sp³-hybridized carbons (Fsp3) is 0.412. The molecule has 1 aromatic carbocycles. The predicted molar refractivity (Wildman–Crippen MR) is 86.9 cm³/mol. The molecule has 2 aromatic rings. The molecule has 1 aliphatic heterocycles. The summed E-state index contributed by atoms with van der Waals surface area (Å²) in [7, 11) is 0. The Bertz CT molecular complexity index is 615. The molecule has 3 nitrogen and oxygen atoms in total. The zero-order valence-electron chi connectivity index (χ0n) is 12.3. The number of carbonyl (C=O) groups is 1. The number of carbonyl (C=O) groups excluding carboxylic acids is 1. The van der Waals surface area contributed by atoms with Crippen molar-refractivity contribution >= 4 is 17.3 Å². The summed E-state index contributed by atoms with van der Waals surface area (Å²) in [6.07, 6.45) is 3.87. The molecule has 0 radical (unpaired) electrons. The predicted octanol–water partition coefficient (Wildman–Crippen LogP) is 3.70. The van der Waals surface area contributed by atoms with Crippen molar-refractivity contribution < 1.29 is 4.79 Å². The van der Waals surface area contributed by atoms with E-state index in [0.29, 0.717) is 12.5 Å². The number of ketones is 1. The monoisotopic (exact) mass is 300 g/mol. The van der Waals surface area contributed by atoms with E-state index in [2.05, 4.69) is 9.69 Å². The molecule has 1 aromatic heterocycles. The Kier molecular flexibility index (Phi) is 4.46. The zero-order chi connectivity index (χ0) is 14.7. The molecule has 21 heavy (non-hydrogen) atoms. The Morgan fingerprint density at radius 3 is 2.86 bits per heavy atom.